The first-order valence-electron chi connectivity index (χ1n) is 6.26. The van der Waals surface area contributed by atoms with Crippen molar-refractivity contribution in [2.75, 3.05) is 5.32 Å². The van der Waals surface area contributed by atoms with E-state index in [1.165, 1.54) is 5.39 Å². The largest absolute Gasteiger partial charge is 0.340 e. The number of fused-ring (bicyclic) bond motifs is 1. The fraction of sp³-hybridized carbons (Fsp3) is 0.0625. The van der Waals surface area contributed by atoms with Crippen LogP contribution >= 0.6 is 0 Å². The molecule has 3 aromatic rings. The maximum atomic E-state index is 5.66. The van der Waals surface area contributed by atoms with Gasteiger partial charge in [-0.2, -0.15) is 0 Å². The van der Waals surface area contributed by atoms with Gasteiger partial charge < -0.3 is 11.1 Å². The molecule has 0 amide bonds. The standard InChI is InChI=1S/C16H15N3/c17-11-12-4-3-6-14(10-12)19-16-15-7-2-1-5-13(15)8-9-18-16/h1-10H,11,17H2,(H,18,19). The molecule has 3 rings (SSSR count). The molecule has 0 aliphatic heterocycles. The molecule has 19 heavy (non-hydrogen) atoms. The van der Waals surface area contributed by atoms with Crippen LogP contribution in [-0.2, 0) is 6.54 Å². The van der Waals surface area contributed by atoms with Crippen molar-refractivity contribution < 1.29 is 0 Å². The van der Waals surface area contributed by atoms with Gasteiger partial charge in [-0.3, -0.25) is 0 Å². The highest BCUT2D eigenvalue weighted by Crippen LogP contribution is 2.24. The second-order valence-corrected chi connectivity index (χ2v) is 4.41. The second-order valence-electron chi connectivity index (χ2n) is 4.41. The molecule has 3 heteroatoms. The number of nitrogens with one attached hydrogen (secondary N) is 1. The molecule has 0 spiro atoms. The Bertz CT molecular complexity index is 702. The molecule has 0 fully saturated rings. The van der Waals surface area contributed by atoms with Crippen LogP contribution in [0.4, 0.5) is 11.5 Å². The number of benzene rings is 2. The monoisotopic (exact) mass is 249 g/mol. The normalized spacial score (nSPS) is 10.6. The van der Waals surface area contributed by atoms with Crippen LogP contribution in [0.25, 0.3) is 10.8 Å². The Morgan fingerprint density at radius 1 is 1.00 bits per heavy atom. The lowest BCUT2D eigenvalue weighted by Crippen LogP contribution is -1.98. The number of hydrogen-bond acceptors (Lipinski definition) is 3. The molecular formula is C16H15N3. The number of hydrogen-bond donors (Lipinski definition) is 2. The van der Waals surface area contributed by atoms with Gasteiger partial charge in [-0.25, -0.2) is 4.98 Å². The smallest absolute Gasteiger partial charge is 0.138 e. The van der Waals surface area contributed by atoms with Crippen LogP contribution in [0.2, 0.25) is 0 Å². The van der Waals surface area contributed by atoms with E-state index in [0.717, 1.165) is 22.5 Å². The first kappa shape index (κ1) is 11.7. The third-order valence-electron chi connectivity index (χ3n) is 3.10. The summed E-state index contributed by atoms with van der Waals surface area (Å²) in [6.07, 6.45) is 1.82. The Morgan fingerprint density at radius 2 is 1.89 bits per heavy atom. The van der Waals surface area contributed by atoms with Gasteiger partial charge in [0.1, 0.15) is 5.82 Å². The molecule has 0 aliphatic rings. The highest BCUT2D eigenvalue weighted by atomic mass is 15.0. The first-order valence-corrected chi connectivity index (χ1v) is 6.26. The van der Waals surface area contributed by atoms with E-state index in [-0.39, 0.29) is 0 Å². The summed E-state index contributed by atoms with van der Waals surface area (Å²) in [7, 11) is 0. The van der Waals surface area contributed by atoms with E-state index in [0.29, 0.717) is 6.54 Å². The maximum absolute atomic E-state index is 5.66. The zero-order valence-electron chi connectivity index (χ0n) is 10.5. The fourth-order valence-corrected chi connectivity index (χ4v) is 2.13. The summed E-state index contributed by atoms with van der Waals surface area (Å²) < 4.78 is 0. The van der Waals surface area contributed by atoms with Crippen LogP contribution in [0.5, 0.6) is 0 Å². The minimum Gasteiger partial charge on any atom is -0.340 e. The van der Waals surface area contributed by atoms with Crippen LogP contribution in [-0.4, -0.2) is 4.98 Å². The zero-order chi connectivity index (χ0) is 13.1. The van der Waals surface area contributed by atoms with E-state index in [1.807, 2.05) is 48.7 Å². The van der Waals surface area contributed by atoms with Gasteiger partial charge in [-0.05, 0) is 29.1 Å². The lowest BCUT2D eigenvalue weighted by molar-refractivity contribution is 1.07. The van der Waals surface area contributed by atoms with Gasteiger partial charge in [-0.15, -0.1) is 0 Å². The average molecular weight is 249 g/mol. The summed E-state index contributed by atoms with van der Waals surface area (Å²) in [4.78, 5) is 4.42. The third kappa shape index (κ3) is 2.41. The van der Waals surface area contributed by atoms with Gasteiger partial charge in [0.25, 0.3) is 0 Å². The Hall–Kier alpha value is -2.39. The van der Waals surface area contributed by atoms with E-state index in [4.69, 9.17) is 5.73 Å². The van der Waals surface area contributed by atoms with Crippen LogP contribution in [0.1, 0.15) is 5.56 Å². The summed E-state index contributed by atoms with van der Waals surface area (Å²) in [6, 6.07) is 18.3. The van der Waals surface area contributed by atoms with Crippen LogP contribution in [0.15, 0.2) is 60.8 Å². The second kappa shape index (κ2) is 5.08. The van der Waals surface area contributed by atoms with Crippen molar-refractivity contribution in [2.45, 2.75) is 6.54 Å². The SMILES string of the molecule is NCc1cccc(Nc2nccc3ccccc23)c1. The molecule has 0 radical (unpaired) electrons. The number of aromatic nitrogens is 1. The van der Waals surface area contributed by atoms with Crippen molar-refractivity contribution in [3.8, 4) is 0 Å². The van der Waals surface area contributed by atoms with Crippen LogP contribution in [0.3, 0.4) is 0 Å². The molecule has 3 N–H and O–H groups in total. The van der Waals surface area contributed by atoms with E-state index < -0.39 is 0 Å². The highest BCUT2D eigenvalue weighted by molar-refractivity contribution is 5.93. The quantitative estimate of drug-likeness (QED) is 0.747. The minimum atomic E-state index is 0.540. The molecule has 0 unspecified atom stereocenters. The predicted octanol–water partition coefficient (Wildman–Crippen LogP) is 3.44. The lowest BCUT2D eigenvalue weighted by atomic mass is 10.1. The molecule has 3 nitrogen and oxygen atoms in total. The number of nitrogens with two attached hydrogens (primary N) is 1. The van der Waals surface area contributed by atoms with E-state index in [1.54, 1.807) is 0 Å². The molecule has 0 bridgehead atoms. The maximum Gasteiger partial charge on any atom is 0.138 e. The Morgan fingerprint density at radius 3 is 2.79 bits per heavy atom. The van der Waals surface area contributed by atoms with Crippen molar-refractivity contribution in [3.63, 3.8) is 0 Å². The molecule has 0 saturated heterocycles. The number of anilines is 2. The van der Waals surface area contributed by atoms with Gasteiger partial charge in [-0.1, -0.05) is 36.4 Å². The molecule has 94 valence electrons. The van der Waals surface area contributed by atoms with Gasteiger partial charge in [0.15, 0.2) is 0 Å². The van der Waals surface area contributed by atoms with Crippen LogP contribution < -0.4 is 11.1 Å². The molecule has 2 aromatic carbocycles. The number of pyridine rings is 1. The first-order chi connectivity index (χ1) is 9.36. The van der Waals surface area contributed by atoms with Gasteiger partial charge in [0.05, 0.1) is 0 Å². The number of nitrogens with zero attached hydrogens (tertiary/aromatic N) is 1. The molecule has 0 saturated carbocycles. The van der Waals surface area contributed by atoms with Crippen molar-refractivity contribution >= 4 is 22.3 Å². The molecule has 0 atom stereocenters. The fourth-order valence-electron chi connectivity index (χ4n) is 2.13. The summed E-state index contributed by atoms with van der Waals surface area (Å²) in [5, 5.41) is 5.64. The highest BCUT2D eigenvalue weighted by Gasteiger charge is 2.02. The Labute approximate surface area is 112 Å². The molecule has 1 aromatic heterocycles. The predicted molar refractivity (Wildman–Crippen MR) is 79.4 cm³/mol. The van der Waals surface area contributed by atoms with Gasteiger partial charge in [0.2, 0.25) is 0 Å². The minimum absolute atomic E-state index is 0.540. The third-order valence-corrected chi connectivity index (χ3v) is 3.10. The molecule has 1 heterocycles. The summed E-state index contributed by atoms with van der Waals surface area (Å²) in [5.74, 6) is 0.868. The number of rotatable bonds is 3. The zero-order valence-corrected chi connectivity index (χ0v) is 10.5. The van der Waals surface area contributed by atoms with Gasteiger partial charge in [0, 0.05) is 23.8 Å². The Kier molecular flexibility index (Phi) is 3.12. The van der Waals surface area contributed by atoms with Gasteiger partial charge >= 0.3 is 0 Å². The Balaban J connectivity index is 2.01. The van der Waals surface area contributed by atoms with E-state index in [2.05, 4.69) is 22.4 Å². The molecule has 0 aliphatic carbocycles. The average Bonchev–Trinajstić information content (AvgIpc) is 2.48. The van der Waals surface area contributed by atoms with Crippen molar-refractivity contribution in [1.82, 2.24) is 4.98 Å². The summed E-state index contributed by atoms with van der Waals surface area (Å²) in [5.41, 5.74) is 7.77. The lowest BCUT2D eigenvalue weighted by Gasteiger charge is -2.09. The van der Waals surface area contributed by atoms with Crippen molar-refractivity contribution in [3.05, 3.63) is 66.4 Å². The summed E-state index contributed by atoms with van der Waals surface area (Å²) in [6.45, 7) is 0.540. The van der Waals surface area contributed by atoms with E-state index >= 15 is 0 Å². The van der Waals surface area contributed by atoms with Crippen LogP contribution in [0, 0.1) is 0 Å². The van der Waals surface area contributed by atoms with E-state index in [9.17, 15) is 0 Å². The summed E-state index contributed by atoms with van der Waals surface area (Å²) >= 11 is 0. The molecular weight excluding hydrogens is 234 g/mol. The topological polar surface area (TPSA) is 50.9 Å². The van der Waals surface area contributed by atoms with Crippen molar-refractivity contribution in [1.29, 1.82) is 0 Å². The van der Waals surface area contributed by atoms with Crippen molar-refractivity contribution in [2.24, 2.45) is 5.73 Å².